The summed E-state index contributed by atoms with van der Waals surface area (Å²) in [6, 6.07) is 0.495. The molecule has 0 fully saturated rings. The van der Waals surface area contributed by atoms with Crippen LogP contribution in [0, 0.1) is 11.8 Å². The maximum atomic E-state index is 5.41. The van der Waals surface area contributed by atoms with E-state index in [0.717, 1.165) is 32.2 Å². The fourth-order valence-electron chi connectivity index (χ4n) is 2.44. The van der Waals surface area contributed by atoms with E-state index >= 15 is 0 Å². The molecular weight excluding hydrogens is 236 g/mol. The van der Waals surface area contributed by atoms with Crippen molar-refractivity contribution in [3.63, 3.8) is 0 Å². The SMILES string of the molecule is CCC(CC)CN(CC)C(CNCC(C)C)COC. The van der Waals surface area contributed by atoms with Crippen LogP contribution in [-0.4, -0.2) is 50.8 Å². The van der Waals surface area contributed by atoms with Crippen molar-refractivity contribution in [1.29, 1.82) is 0 Å². The fourth-order valence-corrected chi connectivity index (χ4v) is 2.44. The zero-order chi connectivity index (χ0) is 14.7. The van der Waals surface area contributed by atoms with Crippen LogP contribution in [0.2, 0.25) is 0 Å². The summed E-state index contributed by atoms with van der Waals surface area (Å²) in [5, 5.41) is 3.57. The van der Waals surface area contributed by atoms with Gasteiger partial charge in [0.15, 0.2) is 0 Å². The number of likely N-dealkylation sites (N-methyl/N-ethyl adjacent to an activating group) is 1. The molecule has 0 aliphatic carbocycles. The van der Waals surface area contributed by atoms with Crippen LogP contribution in [0.5, 0.6) is 0 Å². The average Bonchev–Trinajstić information content (AvgIpc) is 2.39. The molecule has 0 heterocycles. The molecule has 19 heavy (non-hydrogen) atoms. The highest BCUT2D eigenvalue weighted by atomic mass is 16.5. The van der Waals surface area contributed by atoms with Crippen LogP contribution in [0.4, 0.5) is 0 Å². The molecule has 0 aromatic rings. The van der Waals surface area contributed by atoms with Gasteiger partial charge < -0.3 is 10.1 Å². The summed E-state index contributed by atoms with van der Waals surface area (Å²) in [6.45, 7) is 16.6. The monoisotopic (exact) mass is 272 g/mol. The maximum absolute atomic E-state index is 5.41. The van der Waals surface area contributed by atoms with Crippen molar-refractivity contribution in [2.24, 2.45) is 11.8 Å². The van der Waals surface area contributed by atoms with E-state index in [0.29, 0.717) is 12.0 Å². The van der Waals surface area contributed by atoms with E-state index in [-0.39, 0.29) is 0 Å². The predicted molar refractivity (Wildman–Crippen MR) is 84.7 cm³/mol. The van der Waals surface area contributed by atoms with Gasteiger partial charge in [0.1, 0.15) is 0 Å². The van der Waals surface area contributed by atoms with Gasteiger partial charge in [-0.15, -0.1) is 0 Å². The summed E-state index contributed by atoms with van der Waals surface area (Å²) in [5.41, 5.74) is 0. The summed E-state index contributed by atoms with van der Waals surface area (Å²) in [6.07, 6.45) is 2.54. The van der Waals surface area contributed by atoms with Crippen LogP contribution in [0.25, 0.3) is 0 Å². The highest BCUT2D eigenvalue weighted by molar-refractivity contribution is 4.75. The van der Waals surface area contributed by atoms with E-state index in [2.05, 4.69) is 44.8 Å². The van der Waals surface area contributed by atoms with Crippen molar-refractivity contribution < 1.29 is 4.74 Å². The quantitative estimate of drug-likeness (QED) is 0.591. The van der Waals surface area contributed by atoms with E-state index in [1.54, 1.807) is 7.11 Å². The van der Waals surface area contributed by atoms with Crippen molar-refractivity contribution in [2.75, 3.05) is 39.9 Å². The molecule has 0 bridgehead atoms. The molecule has 0 spiro atoms. The minimum absolute atomic E-state index is 0.495. The second-order valence-electron chi connectivity index (χ2n) is 5.93. The molecule has 0 aromatic heterocycles. The third-order valence-electron chi connectivity index (χ3n) is 3.86. The molecule has 0 saturated heterocycles. The van der Waals surface area contributed by atoms with Crippen LogP contribution in [-0.2, 0) is 4.74 Å². The first-order chi connectivity index (χ1) is 9.08. The Morgan fingerprint density at radius 1 is 1.05 bits per heavy atom. The van der Waals surface area contributed by atoms with Crippen molar-refractivity contribution in [2.45, 2.75) is 53.5 Å². The smallest absolute Gasteiger partial charge is 0.0630 e. The lowest BCUT2D eigenvalue weighted by atomic mass is 10.0. The van der Waals surface area contributed by atoms with Crippen LogP contribution >= 0.6 is 0 Å². The van der Waals surface area contributed by atoms with E-state index in [9.17, 15) is 0 Å². The lowest BCUT2D eigenvalue weighted by Crippen LogP contribution is -2.47. The molecule has 0 aliphatic rings. The topological polar surface area (TPSA) is 24.5 Å². The number of nitrogens with one attached hydrogen (secondary N) is 1. The number of nitrogens with zero attached hydrogens (tertiary/aromatic N) is 1. The van der Waals surface area contributed by atoms with Crippen molar-refractivity contribution in [1.82, 2.24) is 10.2 Å². The Hall–Kier alpha value is -0.120. The maximum Gasteiger partial charge on any atom is 0.0630 e. The molecular formula is C16H36N2O. The number of methoxy groups -OCH3 is 1. The minimum atomic E-state index is 0.495. The third-order valence-corrected chi connectivity index (χ3v) is 3.86. The number of rotatable bonds is 12. The van der Waals surface area contributed by atoms with Crippen LogP contribution in [0.1, 0.15) is 47.5 Å². The number of ether oxygens (including phenoxy) is 1. The van der Waals surface area contributed by atoms with Gasteiger partial charge in [-0.1, -0.05) is 47.5 Å². The molecule has 0 amide bonds. The molecule has 3 heteroatoms. The van der Waals surface area contributed by atoms with Gasteiger partial charge in [0.2, 0.25) is 0 Å². The Bertz CT molecular complexity index is 193. The highest BCUT2D eigenvalue weighted by Crippen LogP contribution is 2.12. The lowest BCUT2D eigenvalue weighted by molar-refractivity contribution is 0.0801. The van der Waals surface area contributed by atoms with E-state index in [1.165, 1.54) is 19.4 Å². The van der Waals surface area contributed by atoms with Gasteiger partial charge in [-0.05, 0) is 24.9 Å². The van der Waals surface area contributed by atoms with Gasteiger partial charge >= 0.3 is 0 Å². The van der Waals surface area contributed by atoms with E-state index in [1.807, 2.05) is 0 Å². The summed E-state index contributed by atoms with van der Waals surface area (Å²) >= 11 is 0. The standard InChI is InChI=1S/C16H36N2O/c1-7-15(8-2)12-18(9-3)16(13-19-6)11-17-10-14(4)5/h14-17H,7-13H2,1-6H3. The van der Waals surface area contributed by atoms with Crippen molar-refractivity contribution in [3.8, 4) is 0 Å². The Kier molecular flexibility index (Phi) is 11.6. The van der Waals surface area contributed by atoms with Gasteiger partial charge in [-0.2, -0.15) is 0 Å². The van der Waals surface area contributed by atoms with Gasteiger partial charge in [-0.3, -0.25) is 4.90 Å². The fraction of sp³-hybridized carbons (Fsp3) is 1.00. The Labute approximate surface area is 121 Å². The van der Waals surface area contributed by atoms with Crippen molar-refractivity contribution in [3.05, 3.63) is 0 Å². The summed E-state index contributed by atoms with van der Waals surface area (Å²) < 4.78 is 5.41. The Morgan fingerprint density at radius 2 is 1.68 bits per heavy atom. The van der Waals surface area contributed by atoms with Crippen LogP contribution < -0.4 is 5.32 Å². The van der Waals surface area contributed by atoms with Gasteiger partial charge in [0.05, 0.1) is 6.61 Å². The summed E-state index contributed by atoms with van der Waals surface area (Å²) in [4.78, 5) is 2.58. The second-order valence-corrected chi connectivity index (χ2v) is 5.93. The molecule has 0 aromatic carbocycles. The predicted octanol–water partition coefficient (Wildman–Crippen LogP) is 3.01. The number of hydrogen-bond donors (Lipinski definition) is 1. The van der Waals surface area contributed by atoms with E-state index in [4.69, 9.17) is 4.74 Å². The first-order valence-corrected chi connectivity index (χ1v) is 8.02. The average molecular weight is 272 g/mol. The van der Waals surface area contributed by atoms with Gasteiger partial charge in [0.25, 0.3) is 0 Å². The lowest BCUT2D eigenvalue weighted by Gasteiger charge is -2.33. The molecule has 0 saturated carbocycles. The first-order valence-electron chi connectivity index (χ1n) is 8.02. The van der Waals surface area contributed by atoms with Crippen LogP contribution in [0.15, 0.2) is 0 Å². The molecule has 116 valence electrons. The zero-order valence-corrected chi connectivity index (χ0v) is 14.0. The Morgan fingerprint density at radius 3 is 2.11 bits per heavy atom. The minimum Gasteiger partial charge on any atom is -0.383 e. The Balaban J connectivity index is 4.34. The molecule has 1 N–H and O–H groups in total. The zero-order valence-electron chi connectivity index (χ0n) is 14.0. The van der Waals surface area contributed by atoms with Gasteiger partial charge in [0, 0.05) is 26.2 Å². The molecule has 0 aliphatic heterocycles. The highest BCUT2D eigenvalue weighted by Gasteiger charge is 2.19. The molecule has 1 unspecified atom stereocenters. The molecule has 0 rings (SSSR count). The molecule has 1 atom stereocenters. The van der Waals surface area contributed by atoms with E-state index < -0.39 is 0 Å². The van der Waals surface area contributed by atoms with Crippen LogP contribution in [0.3, 0.4) is 0 Å². The van der Waals surface area contributed by atoms with Gasteiger partial charge in [-0.25, -0.2) is 0 Å². The largest absolute Gasteiger partial charge is 0.383 e. The third kappa shape index (κ3) is 8.61. The molecule has 0 radical (unpaired) electrons. The normalized spacial score (nSPS) is 13.7. The first kappa shape index (κ1) is 18.9. The number of hydrogen-bond acceptors (Lipinski definition) is 3. The van der Waals surface area contributed by atoms with Crippen molar-refractivity contribution >= 4 is 0 Å². The molecule has 3 nitrogen and oxygen atoms in total. The summed E-state index contributed by atoms with van der Waals surface area (Å²) in [5.74, 6) is 1.52. The second kappa shape index (κ2) is 11.7. The summed E-state index contributed by atoms with van der Waals surface area (Å²) in [7, 11) is 1.81.